The Bertz CT molecular complexity index is 254. The predicted molar refractivity (Wildman–Crippen MR) is 123 cm³/mol. The van der Waals surface area contributed by atoms with Crippen LogP contribution in [0.25, 0.3) is 0 Å². The second kappa shape index (κ2) is 14.0. The first-order chi connectivity index (χ1) is 11.4. The van der Waals surface area contributed by atoms with Crippen molar-refractivity contribution in [2.75, 3.05) is 24.6 Å². The molecule has 0 aliphatic heterocycles. The standard InChI is InChI=1S/C22H48BrP/c1-6-9-12-15-18-24(23,21-22(4)5,19-16-13-10-7-2)20-17-14-11-8-3/h22H,6-21H2,1-5H3. The first-order valence-electron chi connectivity index (χ1n) is 11.1. The van der Waals surface area contributed by atoms with Gasteiger partial charge in [-0.1, -0.05) is 0 Å². The molecule has 0 aliphatic rings. The van der Waals surface area contributed by atoms with E-state index in [0.29, 0.717) is 0 Å². The molecule has 0 saturated carbocycles. The number of hydrogen-bond donors (Lipinski definition) is 0. The molecule has 0 fully saturated rings. The van der Waals surface area contributed by atoms with Gasteiger partial charge < -0.3 is 0 Å². The van der Waals surface area contributed by atoms with Crippen molar-refractivity contribution in [2.24, 2.45) is 5.92 Å². The molecule has 0 rings (SSSR count). The monoisotopic (exact) mass is 422 g/mol. The second-order valence-corrected chi connectivity index (χ2v) is 20.1. The van der Waals surface area contributed by atoms with Crippen LogP contribution in [0.5, 0.6) is 0 Å². The van der Waals surface area contributed by atoms with E-state index in [9.17, 15) is 0 Å². The van der Waals surface area contributed by atoms with Crippen LogP contribution < -0.4 is 0 Å². The van der Waals surface area contributed by atoms with E-state index >= 15 is 0 Å². The average Bonchev–Trinajstić information content (AvgIpc) is 2.53. The number of unbranched alkanes of at least 4 members (excludes halogenated alkanes) is 9. The number of hydrogen-bond acceptors (Lipinski definition) is 0. The van der Waals surface area contributed by atoms with E-state index in [1.165, 1.54) is 102 Å². The zero-order chi connectivity index (χ0) is 18.3. The molecule has 24 heavy (non-hydrogen) atoms. The molecule has 148 valence electrons. The van der Waals surface area contributed by atoms with Crippen molar-refractivity contribution in [3.8, 4) is 0 Å². The van der Waals surface area contributed by atoms with E-state index in [1.54, 1.807) is 0 Å². The summed E-state index contributed by atoms with van der Waals surface area (Å²) in [5.74, 6) is 0.838. The number of rotatable bonds is 17. The summed E-state index contributed by atoms with van der Waals surface area (Å²) in [5.41, 5.74) is 0. The van der Waals surface area contributed by atoms with Crippen LogP contribution in [0.15, 0.2) is 0 Å². The van der Waals surface area contributed by atoms with Gasteiger partial charge in [0.25, 0.3) is 0 Å². The van der Waals surface area contributed by atoms with Crippen LogP contribution in [0.3, 0.4) is 0 Å². The molecular weight excluding hydrogens is 375 g/mol. The number of halogens is 1. The molecule has 0 bridgehead atoms. The fourth-order valence-corrected chi connectivity index (χ4v) is 14.4. The molecule has 0 spiro atoms. The van der Waals surface area contributed by atoms with Gasteiger partial charge in [-0.05, 0) is 0 Å². The molecule has 0 aliphatic carbocycles. The zero-order valence-corrected chi connectivity index (χ0v) is 20.2. The van der Waals surface area contributed by atoms with E-state index < -0.39 is 5.31 Å². The quantitative estimate of drug-likeness (QED) is 0.161. The first kappa shape index (κ1) is 24.9. The Kier molecular flexibility index (Phi) is 14.6. The van der Waals surface area contributed by atoms with Crippen LogP contribution in [0.2, 0.25) is 0 Å². The van der Waals surface area contributed by atoms with Crippen LogP contribution >= 0.6 is 20.8 Å². The maximum atomic E-state index is 4.58. The van der Waals surface area contributed by atoms with Gasteiger partial charge in [-0.25, -0.2) is 0 Å². The van der Waals surface area contributed by atoms with Crippen molar-refractivity contribution in [3.05, 3.63) is 0 Å². The van der Waals surface area contributed by atoms with Gasteiger partial charge in [0.15, 0.2) is 0 Å². The Hall–Kier alpha value is 0.910. The minimum absolute atomic E-state index is 0.838. The van der Waals surface area contributed by atoms with Gasteiger partial charge >= 0.3 is 163 Å². The van der Waals surface area contributed by atoms with Crippen LogP contribution in [0, 0.1) is 5.92 Å². The topological polar surface area (TPSA) is 0 Å². The molecule has 0 radical (unpaired) electrons. The second-order valence-electron chi connectivity index (χ2n) is 8.75. The zero-order valence-electron chi connectivity index (χ0n) is 17.7. The van der Waals surface area contributed by atoms with E-state index in [-0.39, 0.29) is 0 Å². The molecule has 0 aromatic rings. The predicted octanol–water partition coefficient (Wildman–Crippen LogP) is 9.25. The third-order valence-electron chi connectivity index (χ3n) is 5.53. The van der Waals surface area contributed by atoms with Gasteiger partial charge in [0.05, 0.1) is 0 Å². The molecule has 0 N–H and O–H groups in total. The summed E-state index contributed by atoms with van der Waals surface area (Å²) in [6, 6.07) is 0. The minimum atomic E-state index is -1.69. The van der Waals surface area contributed by atoms with Gasteiger partial charge in [-0.3, -0.25) is 0 Å². The third kappa shape index (κ3) is 11.5. The summed E-state index contributed by atoms with van der Waals surface area (Å²) >= 11 is 4.58. The molecule has 0 unspecified atom stereocenters. The molecule has 0 nitrogen and oxygen atoms in total. The summed E-state index contributed by atoms with van der Waals surface area (Å²) in [6.07, 6.45) is 23.1. The van der Waals surface area contributed by atoms with Gasteiger partial charge in [0.1, 0.15) is 0 Å². The molecule has 0 atom stereocenters. The van der Waals surface area contributed by atoms with E-state index in [0.717, 1.165) is 5.92 Å². The summed E-state index contributed by atoms with van der Waals surface area (Å²) in [4.78, 5) is 0. The van der Waals surface area contributed by atoms with Gasteiger partial charge in [0, 0.05) is 0 Å². The first-order valence-corrected chi connectivity index (χ1v) is 16.1. The normalized spacial score (nSPS) is 14.0. The van der Waals surface area contributed by atoms with E-state index in [4.69, 9.17) is 0 Å². The fourth-order valence-electron chi connectivity index (χ4n) is 4.32. The summed E-state index contributed by atoms with van der Waals surface area (Å²) in [7, 11) is 0. The molecule has 0 aromatic carbocycles. The van der Waals surface area contributed by atoms with Gasteiger partial charge in [0.2, 0.25) is 0 Å². The molecular formula is C22H48BrP. The molecule has 0 aromatic heterocycles. The van der Waals surface area contributed by atoms with Crippen LogP contribution in [0.4, 0.5) is 0 Å². The molecule has 0 saturated heterocycles. The van der Waals surface area contributed by atoms with Crippen molar-refractivity contribution in [1.82, 2.24) is 0 Å². The maximum absolute atomic E-state index is 4.58. The summed E-state index contributed by atoms with van der Waals surface area (Å²) in [6.45, 7) is 11.9. The van der Waals surface area contributed by atoms with E-state index in [1.807, 2.05) is 0 Å². The Labute approximate surface area is 163 Å². The molecule has 2 heteroatoms. The Morgan fingerprint density at radius 1 is 0.583 bits per heavy atom. The van der Waals surface area contributed by atoms with E-state index in [2.05, 4.69) is 50.1 Å². The average molecular weight is 424 g/mol. The van der Waals surface area contributed by atoms with Crippen molar-refractivity contribution in [3.63, 3.8) is 0 Å². The Morgan fingerprint density at radius 2 is 0.917 bits per heavy atom. The Morgan fingerprint density at radius 3 is 1.17 bits per heavy atom. The van der Waals surface area contributed by atoms with Gasteiger partial charge in [-0.15, -0.1) is 0 Å². The SMILES string of the molecule is CCCCCCP(Br)(CCCCCC)(CCCCCC)CC(C)C. The van der Waals surface area contributed by atoms with Crippen molar-refractivity contribution in [1.29, 1.82) is 0 Å². The fraction of sp³-hybridized carbons (Fsp3) is 1.00. The van der Waals surface area contributed by atoms with Crippen LogP contribution in [-0.4, -0.2) is 24.6 Å². The van der Waals surface area contributed by atoms with Crippen LogP contribution in [-0.2, 0) is 0 Å². The Balaban J connectivity index is 4.93. The third-order valence-corrected chi connectivity index (χ3v) is 15.5. The van der Waals surface area contributed by atoms with Crippen LogP contribution in [0.1, 0.15) is 112 Å². The summed E-state index contributed by atoms with van der Waals surface area (Å²) < 4.78 is 0. The molecule has 0 amide bonds. The summed E-state index contributed by atoms with van der Waals surface area (Å²) in [5, 5.41) is -1.69. The molecule has 0 heterocycles. The van der Waals surface area contributed by atoms with Gasteiger partial charge in [-0.2, -0.15) is 0 Å². The van der Waals surface area contributed by atoms with Crippen molar-refractivity contribution < 1.29 is 0 Å². The van der Waals surface area contributed by atoms with Crippen molar-refractivity contribution >= 4 is 20.8 Å². The van der Waals surface area contributed by atoms with Crippen molar-refractivity contribution in [2.45, 2.75) is 112 Å².